The van der Waals surface area contributed by atoms with Crippen molar-refractivity contribution in [1.29, 1.82) is 0 Å². The van der Waals surface area contributed by atoms with Gasteiger partial charge in [0.05, 0.1) is 13.2 Å². The van der Waals surface area contributed by atoms with E-state index in [0.717, 1.165) is 6.54 Å². The maximum absolute atomic E-state index is 9.43. The number of hydrogen-bond donors (Lipinski definition) is 3. The van der Waals surface area contributed by atoms with Gasteiger partial charge in [0.2, 0.25) is 0 Å². The van der Waals surface area contributed by atoms with Crippen molar-refractivity contribution in [2.75, 3.05) is 13.2 Å². The van der Waals surface area contributed by atoms with Crippen LogP contribution in [0.4, 0.5) is 0 Å². The Hall–Kier alpha value is -0.650. The van der Waals surface area contributed by atoms with Crippen LogP contribution in [0.3, 0.4) is 0 Å². The van der Waals surface area contributed by atoms with Crippen molar-refractivity contribution in [2.45, 2.75) is 81.1 Å². The second-order valence-electron chi connectivity index (χ2n) is 8.56. The van der Waals surface area contributed by atoms with E-state index in [4.69, 9.17) is 5.11 Å². The largest absolute Gasteiger partial charge is 0.395 e. The molecule has 26 heavy (non-hydrogen) atoms. The SMILES string of the molecule is Cl.OC[C@@H]1CCC2(CC2)N1.OC[C@@H]1CCC2(CC2)N1Cc1ccccc1. The molecule has 2 heterocycles. The predicted molar refractivity (Wildman–Crippen MR) is 107 cm³/mol. The number of likely N-dealkylation sites (tertiary alicyclic amines) is 1. The van der Waals surface area contributed by atoms with Crippen molar-refractivity contribution >= 4 is 12.4 Å². The number of aliphatic hydroxyl groups is 2. The molecule has 3 N–H and O–H groups in total. The van der Waals surface area contributed by atoms with E-state index in [1.807, 2.05) is 0 Å². The Balaban J connectivity index is 0.000000167. The third-order valence-corrected chi connectivity index (χ3v) is 6.78. The van der Waals surface area contributed by atoms with E-state index in [1.54, 1.807) is 0 Å². The minimum Gasteiger partial charge on any atom is -0.395 e. The standard InChI is InChI=1S/C14H19NO.C7H13NO.ClH/c16-11-13-6-7-14(8-9-14)15(13)10-12-4-2-1-3-5-12;9-5-6-1-2-7(8-6)3-4-7;/h1-5,13,16H,6-11H2;6,8-9H,1-5H2;1H/t13-;6-;/m00./s1. The highest BCUT2D eigenvalue weighted by Crippen LogP contribution is 2.52. The summed E-state index contributed by atoms with van der Waals surface area (Å²) in [5.41, 5.74) is 2.34. The molecule has 5 rings (SSSR count). The van der Waals surface area contributed by atoms with Gasteiger partial charge in [-0.2, -0.15) is 0 Å². The maximum atomic E-state index is 9.43. The van der Waals surface area contributed by atoms with Crippen molar-refractivity contribution in [2.24, 2.45) is 0 Å². The monoisotopic (exact) mass is 380 g/mol. The minimum absolute atomic E-state index is 0. The van der Waals surface area contributed by atoms with E-state index < -0.39 is 0 Å². The fourth-order valence-electron chi connectivity index (χ4n) is 4.78. The molecule has 0 unspecified atom stereocenters. The van der Waals surface area contributed by atoms with Crippen molar-refractivity contribution in [3.63, 3.8) is 0 Å². The Morgan fingerprint density at radius 2 is 1.65 bits per heavy atom. The summed E-state index contributed by atoms with van der Waals surface area (Å²) in [6.45, 7) is 1.64. The van der Waals surface area contributed by atoms with Crippen LogP contribution in [0.1, 0.15) is 56.9 Å². The lowest BCUT2D eigenvalue weighted by Crippen LogP contribution is -2.38. The average Bonchev–Trinajstić information content (AvgIpc) is 3.51. The molecular weight excluding hydrogens is 348 g/mol. The lowest BCUT2D eigenvalue weighted by molar-refractivity contribution is 0.112. The van der Waals surface area contributed by atoms with Crippen LogP contribution in [0, 0.1) is 0 Å². The van der Waals surface area contributed by atoms with Crippen LogP contribution < -0.4 is 5.32 Å². The zero-order valence-corrected chi connectivity index (χ0v) is 16.4. The summed E-state index contributed by atoms with van der Waals surface area (Å²) < 4.78 is 0. The van der Waals surface area contributed by atoms with E-state index in [-0.39, 0.29) is 12.4 Å². The third kappa shape index (κ3) is 4.26. The molecule has 5 heteroatoms. The molecule has 2 saturated carbocycles. The fraction of sp³-hybridized carbons (Fsp3) is 0.714. The first-order valence-electron chi connectivity index (χ1n) is 9.99. The number of nitrogens with zero attached hydrogens (tertiary/aromatic N) is 1. The smallest absolute Gasteiger partial charge is 0.0587 e. The van der Waals surface area contributed by atoms with Crippen LogP contribution in [0.2, 0.25) is 0 Å². The second kappa shape index (κ2) is 8.15. The summed E-state index contributed by atoms with van der Waals surface area (Å²) in [7, 11) is 0. The molecule has 4 fully saturated rings. The van der Waals surface area contributed by atoms with Crippen molar-refractivity contribution in [3.05, 3.63) is 35.9 Å². The summed E-state index contributed by atoms with van der Waals surface area (Å²) in [5, 5.41) is 21.6. The van der Waals surface area contributed by atoms with Gasteiger partial charge in [-0.15, -0.1) is 12.4 Å². The second-order valence-corrected chi connectivity index (χ2v) is 8.56. The first-order chi connectivity index (χ1) is 12.2. The molecule has 2 aliphatic carbocycles. The Kier molecular flexibility index (Phi) is 6.30. The Labute approximate surface area is 163 Å². The van der Waals surface area contributed by atoms with E-state index in [0.29, 0.717) is 36.4 Å². The van der Waals surface area contributed by atoms with Gasteiger partial charge in [0.15, 0.2) is 0 Å². The summed E-state index contributed by atoms with van der Waals surface area (Å²) in [4.78, 5) is 2.54. The van der Waals surface area contributed by atoms with Crippen molar-refractivity contribution in [3.8, 4) is 0 Å². The molecule has 2 aliphatic heterocycles. The van der Waals surface area contributed by atoms with E-state index in [9.17, 15) is 5.11 Å². The van der Waals surface area contributed by atoms with Gasteiger partial charge in [-0.1, -0.05) is 30.3 Å². The summed E-state index contributed by atoms with van der Waals surface area (Å²) in [6.07, 6.45) is 10.3. The van der Waals surface area contributed by atoms with Gasteiger partial charge in [0, 0.05) is 29.7 Å². The van der Waals surface area contributed by atoms with Gasteiger partial charge in [-0.3, -0.25) is 4.90 Å². The molecule has 1 aromatic rings. The van der Waals surface area contributed by atoms with E-state index >= 15 is 0 Å². The maximum Gasteiger partial charge on any atom is 0.0587 e. The average molecular weight is 381 g/mol. The lowest BCUT2D eigenvalue weighted by Gasteiger charge is -2.29. The molecule has 2 spiro atoms. The summed E-state index contributed by atoms with van der Waals surface area (Å²) >= 11 is 0. The van der Waals surface area contributed by atoms with Crippen LogP contribution >= 0.6 is 12.4 Å². The molecule has 2 saturated heterocycles. The Bertz CT molecular complexity index is 575. The van der Waals surface area contributed by atoms with E-state index in [2.05, 4.69) is 40.5 Å². The fourth-order valence-corrected chi connectivity index (χ4v) is 4.78. The molecule has 2 atom stereocenters. The van der Waals surface area contributed by atoms with Crippen LogP contribution in [-0.4, -0.2) is 51.5 Å². The zero-order valence-electron chi connectivity index (χ0n) is 15.6. The number of hydrogen-bond acceptors (Lipinski definition) is 4. The number of nitrogens with one attached hydrogen (secondary N) is 1. The first kappa shape index (κ1) is 20.1. The number of rotatable bonds is 4. The third-order valence-electron chi connectivity index (χ3n) is 6.78. The minimum atomic E-state index is 0. The highest BCUT2D eigenvalue weighted by molar-refractivity contribution is 5.85. The molecule has 0 bridgehead atoms. The molecule has 0 radical (unpaired) electrons. The van der Waals surface area contributed by atoms with Crippen molar-refractivity contribution in [1.82, 2.24) is 10.2 Å². The summed E-state index contributed by atoms with van der Waals surface area (Å²) in [6, 6.07) is 11.4. The molecule has 4 nitrogen and oxygen atoms in total. The quantitative estimate of drug-likeness (QED) is 0.751. The normalized spacial score (nSPS) is 29.9. The molecule has 0 amide bonds. The lowest BCUT2D eigenvalue weighted by atomic mass is 10.1. The van der Waals surface area contributed by atoms with Gasteiger partial charge in [0.1, 0.15) is 0 Å². The van der Waals surface area contributed by atoms with E-state index in [1.165, 1.54) is 56.9 Å². The van der Waals surface area contributed by atoms with Gasteiger partial charge >= 0.3 is 0 Å². The Morgan fingerprint density at radius 1 is 0.923 bits per heavy atom. The topological polar surface area (TPSA) is 55.7 Å². The summed E-state index contributed by atoms with van der Waals surface area (Å²) in [5.74, 6) is 0. The van der Waals surface area contributed by atoms with Gasteiger partial charge in [0.25, 0.3) is 0 Å². The molecule has 1 aromatic carbocycles. The van der Waals surface area contributed by atoms with Crippen LogP contribution in [0.15, 0.2) is 30.3 Å². The first-order valence-corrected chi connectivity index (χ1v) is 9.99. The highest BCUT2D eigenvalue weighted by atomic mass is 35.5. The molecule has 146 valence electrons. The Morgan fingerprint density at radius 3 is 2.15 bits per heavy atom. The van der Waals surface area contributed by atoms with Crippen molar-refractivity contribution < 1.29 is 10.2 Å². The zero-order chi connectivity index (χ0) is 17.3. The van der Waals surface area contributed by atoms with Gasteiger partial charge in [-0.25, -0.2) is 0 Å². The number of benzene rings is 1. The molecular formula is C21H33ClN2O2. The number of aliphatic hydroxyl groups excluding tert-OH is 2. The van der Waals surface area contributed by atoms with Crippen LogP contribution in [-0.2, 0) is 6.54 Å². The van der Waals surface area contributed by atoms with Crippen LogP contribution in [0.25, 0.3) is 0 Å². The van der Waals surface area contributed by atoms with Gasteiger partial charge < -0.3 is 15.5 Å². The number of halogens is 1. The predicted octanol–water partition coefficient (Wildman–Crippen LogP) is 2.86. The van der Waals surface area contributed by atoms with Crippen LogP contribution in [0.5, 0.6) is 0 Å². The van der Waals surface area contributed by atoms with Gasteiger partial charge in [-0.05, 0) is 56.9 Å². The highest BCUT2D eigenvalue weighted by Gasteiger charge is 2.53. The molecule has 0 aromatic heterocycles. The molecule has 4 aliphatic rings.